The summed E-state index contributed by atoms with van der Waals surface area (Å²) in [7, 11) is 0. The Labute approximate surface area is 197 Å². The molecule has 0 aliphatic carbocycles. The Balaban J connectivity index is 1.35. The first-order chi connectivity index (χ1) is 15.8. The van der Waals surface area contributed by atoms with Gasteiger partial charge < -0.3 is 9.80 Å². The predicted molar refractivity (Wildman–Crippen MR) is 129 cm³/mol. The summed E-state index contributed by atoms with van der Waals surface area (Å²) in [5.74, 6) is -0.228. The number of benzene rings is 2. The highest BCUT2D eigenvalue weighted by Gasteiger charge is 2.23. The molecule has 2 aromatic carbocycles. The first-order valence-electron chi connectivity index (χ1n) is 10.9. The fourth-order valence-electron chi connectivity index (χ4n) is 3.97. The second kappa shape index (κ2) is 9.79. The van der Waals surface area contributed by atoms with Crippen LogP contribution in [0.2, 0.25) is 0 Å². The zero-order valence-corrected chi connectivity index (χ0v) is 19.9. The predicted octanol–water partition coefficient (Wildman–Crippen LogP) is 4.27. The number of ketones is 1. The van der Waals surface area contributed by atoms with Gasteiger partial charge in [0.1, 0.15) is 5.82 Å². The van der Waals surface area contributed by atoms with E-state index in [0.717, 1.165) is 10.8 Å². The van der Waals surface area contributed by atoms with E-state index in [2.05, 4.69) is 31.0 Å². The van der Waals surface area contributed by atoms with Crippen molar-refractivity contribution in [2.45, 2.75) is 25.9 Å². The quantitative estimate of drug-likeness (QED) is 0.401. The third kappa shape index (κ3) is 4.95. The van der Waals surface area contributed by atoms with Crippen molar-refractivity contribution in [1.82, 2.24) is 14.5 Å². The molecule has 0 unspecified atom stereocenters. The van der Waals surface area contributed by atoms with Gasteiger partial charge >= 0.3 is 0 Å². The van der Waals surface area contributed by atoms with Crippen LogP contribution in [0.3, 0.4) is 0 Å². The average molecular weight is 467 g/mol. The summed E-state index contributed by atoms with van der Waals surface area (Å²) in [6, 6.07) is 10.7. The topological polar surface area (TPSA) is 58.4 Å². The molecule has 0 radical (unpaired) electrons. The van der Waals surface area contributed by atoms with Crippen LogP contribution in [0.15, 0.2) is 53.9 Å². The Morgan fingerprint density at radius 3 is 2.52 bits per heavy atom. The minimum Gasteiger partial charge on any atom is -0.366 e. The fraction of sp³-hybridized carbons (Fsp3) is 0.320. The van der Waals surface area contributed by atoms with Crippen LogP contribution in [0.25, 0.3) is 5.69 Å². The molecule has 1 aliphatic heterocycles. The molecule has 0 N–H and O–H groups in total. The standard InChI is InChI=1S/C25H27FN4O2S/c1-17-5-4-6-22(18(17)2)30-10-9-27-25(30)33-16-24(32)29-13-11-28(12-14-29)23-8-7-20(19(3)31)15-21(23)26/h4-10,15H,11-14,16H2,1-3H3. The first-order valence-corrected chi connectivity index (χ1v) is 11.9. The van der Waals surface area contributed by atoms with Gasteiger partial charge in [-0.2, -0.15) is 0 Å². The number of hydrogen-bond acceptors (Lipinski definition) is 5. The number of anilines is 1. The zero-order chi connectivity index (χ0) is 23.5. The number of nitrogens with zero attached hydrogens (tertiary/aromatic N) is 4. The van der Waals surface area contributed by atoms with Crippen LogP contribution in [0.5, 0.6) is 0 Å². The van der Waals surface area contributed by atoms with Crippen LogP contribution >= 0.6 is 11.8 Å². The maximum atomic E-state index is 14.5. The van der Waals surface area contributed by atoms with Crippen LogP contribution in [0.1, 0.15) is 28.4 Å². The number of aryl methyl sites for hydroxylation is 1. The van der Waals surface area contributed by atoms with Crippen LogP contribution in [0.4, 0.5) is 10.1 Å². The van der Waals surface area contributed by atoms with Gasteiger partial charge in [-0.1, -0.05) is 23.9 Å². The highest BCUT2D eigenvalue weighted by Crippen LogP contribution is 2.26. The number of rotatable bonds is 6. The molecule has 1 aliphatic rings. The van der Waals surface area contributed by atoms with Crippen molar-refractivity contribution in [3.05, 3.63) is 71.3 Å². The summed E-state index contributed by atoms with van der Waals surface area (Å²) >= 11 is 1.42. The van der Waals surface area contributed by atoms with Crippen molar-refractivity contribution < 1.29 is 14.0 Å². The number of thioether (sulfide) groups is 1. The summed E-state index contributed by atoms with van der Waals surface area (Å²) in [5.41, 5.74) is 4.29. The monoisotopic (exact) mass is 466 g/mol. The minimum atomic E-state index is -0.406. The lowest BCUT2D eigenvalue weighted by Gasteiger charge is -2.36. The van der Waals surface area contributed by atoms with Gasteiger partial charge in [0, 0.05) is 44.1 Å². The molecule has 3 aromatic rings. The smallest absolute Gasteiger partial charge is 0.233 e. The van der Waals surface area contributed by atoms with Gasteiger partial charge in [-0.15, -0.1) is 0 Å². The van der Waals surface area contributed by atoms with E-state index in [1.807, 2.05) is 26.6 Å². The van der Waals surface area contributed by atoms with Crippen LogP contribution in [-0.4, -0.2) is 58.1 Å². The van der Waals surface area contributed by atoms with Gasteiger partial charge in [0.15, 0.2) is 10.9 Å². The molecule has 0 atom stereocenters. The number of carbonyl (C=O) groups excluding carboxylic acids is 2. The summed E-state index contributed by atoms with van der Waals surface area (Å²) < 4.78 is 16.5. The Morgan fingerprint density at radius 2 is 1.82 bits per heavy atom. The van der Waals surface area contributed by atoms with E-state index in [4.69, 9.17) is 0 Å². The first kappa shape index (κ1) is 23.0. The number of hydrogen-bond donors (Lipinski definition) is 0. The van der Waals surface area contributed by atoms with Gasteiger partial charge in [-0.3, -0.25) is 14.2 Å². The molecule has 1 aromatic heterocycles. The third-order valence-corrected chi connectivity index (χ3v) is 7.05. The largest absolute Gasteiger partial charge is 0.366 e. The van der Waals surface area contributed by atoms with Gasteiger partial charge in [-0.05, 0) is 56.2 Å². The Bertz CT molecular complexity index is 1180. The Morgan fingerprint density at radius 1 is 1.06 bits per heavy atom. The summed E-state index contributed by atoms with van der Waals surface area (Å²) in [4.78, 5) is 32.5. The SMILES string of the molecule is CC(=O)c1ccc(N2CCN(C(=O)CSc3nccn3-c3cccc(C)c3C)CC2)c(F)c1. The van der Waals surface area contributed by atoms with Gasteiger partial charge in [0.2, 0.25) is 5.91 Å². The van der Waals surface area contributed by atoms with Crippen LogP contribution < -0.4 is 4.90 Å². The van der Waals surface area contributed by atoms with Crippen molar-refractivity contribution in [1.29, 1.82) is 0 Å². The molecular formula is C25H27FN4O2S. The van der Waals surface area contributed by atoms with Gasteiger partial charge in [-0.25, -0.2) is 9.37 Å². The fourth-order valence-corrected chi connectivity index (χ4v) is 4.84. The molecular weight excluding hydrogens is 439 g/mol. The second-order valence-corrected chi connectivity index (χ2v) is 9.12. The zero-order valence-electron chi connectivity index (χ0n) is 19.0. The van der Waals surface area contributed by atoms with Crippen molar-refractivity contribution in [2.24, 2.45) is 0 Å². The van der Waals surface area contributed by atoms with Crippen molar-refractivity contribution in [3.8, 4) is 5.69 Å². The highest BCUT2D eigenvalue weighted by molar-refractivity contribution is 7.99. The average Bonchev–Trinajstić information content (AvgIpc) is 3.27. The van der Waals surface area contributed by atoms with E-state index in [-0.39, 0.29) is 11.7 Å². The number of amides is 1. The van der Waals surface area contributed by atoms with Crippen molar-refractivity contribution >= 4 is 29.1 Å². The van der Waals surface area contributed by atoms with E-state index < -0.39 is 5.82 Å². The number of Topliss-reactive ketones (excluding diaryl/α,β-unsaturated/α-hetero) is 1. The molecule has 2 heterocycles. The van der Waals surface area contributed by atoms with E-state index in [9.17, 15) is 14.0 Å². The van der Waals surface area contributed by atoms with Gasteiger partial charge in [0.05, 0.1) is 17.1 Å². The molecule has 1 fully saturated rings. The number of piperazine rings is 1. The lowest BCUT2D eigenvalue weighted by molar-refractivity contribution is -0.128. The van der Waals surface area contributed by atoms with Crippen LogP contribution in [0, 0.1) is 19.7 Å². The molecule has 0 bridgehead atoms. The van der Waals surface area contributed by atoms with Crippen molar-refractivity contribution in [2.75, 3.05) is 36.8 Å². The lowest BCUT2D eigenvalue weighted by atomic mass is 10.1. The summed E-state index contributed by atoms with van der Waals surface area (Å²) in [6.45, 7) is 7.73. The normalized spacial score (nSPS) is 13.9. The molecule has 8 heteroatoms. The summed E-state index contributed by atoms with van der Waals surface area (Å²) in [5, 5.41) is 0.781. The van der Waals surface area contributed by atoms with E-state index >= 15 is 0 Å². The number of carbonyl (C=O) groups is 2. The van der Waals surface area contributed by atoms with E-state index in [1.54, 1.807) is 18.3 Å². The molecule has 1 amide bonds. The molecule has 172 valence electrons. The van der Waals surface area contributed by atoms with Gasteiger partial charge in [0.25, 0.3) is 0 Å². The second-order valence-electron chi connectivity index (χ2n) is 8.18. The third-order valence-electron chi connectivity index (χ3n) is 6.09. The lowest BCUT2D eigenvalue weighted by Crippen LogP contribution is -2.49. The minimum absolute atomic E-state index is 0.0440. The number of halogens is 1. The highest BCUT2D eigenvalue weighted by atomic mass is 32.2. The maximum Gasteiger partial charge on any atom is 0.233 e. The summed E-state index contributed by atoms with van der Waals surface area (Å²) in [6.07, 6.45) is 3.67. The maximum absolute atomic E-state index is 14.5. The van der Waals surface area contributed by atoms with Crippen LogP contribution in [-0.2, 0) is 4.79 Å². The molecule has 0 saturated carbocycles. The number of imidazole rings is 1. The molecule has 4 rings (SSSR count). The van der Waals surface area contributed by atoms with E-state index in [0.29, 0.717) is 43.2 Å². The molecule has 0 spiro atoms. The Hall–Kier alpha value is -3.13. The molecule has 33 heavy (non-hydrogen) atoms. The molecule has 6 nitrogen and oxygen atoms in total. The van der Waals surface area contributed by atoms with Crippen molar-refractivity contribution in [3.63, 3.8) is 0 Å². The number of aromatic nitrogens is 2. The van der Waals surface area contributed by atoms with E-state index in [1.165, 1.54) is 35.9 Å². The molecule has 1 saturated heterocycles. The Kier molecular flexibility index (Phi) is 6.83.